The first kappa shape index (κ1) is 51.4. The molecule has 0 aliphatic heterocycles. The molecule has 0 aliphatic carbocycles. The van der Waals surface area contributed by atoms with Crippen LogP contribution in [0.1, 0.15) is 142 Å². The summed E-state index contributed by atoms with van der Waals surface area (Å²) in [5, 5.41) is 21.8. The second-order valence-corrected chi connectivity index (χ2v) is 13.0. The van der Waals surface area contributed by atoms with Crippen molar-refractivity contribution < 1.29 is 50.6 Å². The Hall–Kier alpha value is -1.13. The van der Waals surface area contributed by atoms with Crippen molar-refractivity contribution in [3.05, 3.63) is 12.3 Å². The van der Waals surface area contributed by atoms with E-state index in [0.29, 0.717) is 26.1 Å². The van der Waals surface area contributed by atoms with Gasteiger partial charge in [-0.1, -0.05) is 96.8 Å². The molecule has 0 heterocycles. The number of aliphatic carboxylic acids is 1. The Morgan fingerprint density at radius 2 is 1.00 bits per heavy atom. The van der Waals surface area contributed by atoms with E-state index >= 15 is 0 Å². The predicted molar refractivity (Wildman–Crippen MR) is 174 cm³/mol. The summed E-state index contributed by atoms with van der Waals surface area (Å²) in [6.45, 7) is 5.57. The number of carboxylic acid groups (broad SMARTS) is 2. The van der Waals surface area contributed by atoms with Crippen LogP contribution in [0, 0.1) is 0 Å². The quantitative estimate of drug-likeness (QED) is 0.0516. The van der Waals surface area contributed by atoms with E-state index in [1.54, 1.807) is 6.92 Å². The summed E-state index contributed by atoms with van der Waals surface area (Å²) in [4.78, 5) is 42.5. The van der Waals surface area contributed by atoms with Crippen molar-refractivity contribution in [2.75, 3.05) is 19.7 Å². The SMILES string of the molecule is CCCCCCCCCCCCCCCCNC(=O)CCC(=O)O.CCOC(=O)CCCCCNC(=O)O.[Cl][Pt+2][Cl].[NH2-].[NH2-]. The van der Waals surface area contributed by atoms with E-state index in [-0.39, 0.29) is 37.0 Å². The topological polar surface area (TPSA) is 209 Å². The van der Waals surface area contributed by atoms with E-state index in [1.165, 1.54) is 77.0 Å². The molecule has 0 unspecified atom stereocenters. The number of esters is 1. The number of nitrogens with two attached hydrogens (primary N) is 2. The number of ether oxygens (including phenoxy) is 1. The summed E-state index contributed by atoms with van der Waals surface area (Å²) in [6.07, 6.45) is 20.3. The Morgan fingerprint density at radius 1 is 0.605 bits per heavy atom. The molecular formula is C29H60Cl2N4O7Pt. The number of nitrogens with one attached hydrogen (secondary N) is 2. The zero-order valence-electron chi connectivity index (χ0n) is 26.4. The molecule has 0 aromatic rings. The molecule has 0 rings (SSSR count). The van der Waals surface area contributed by atoms with Crippen LogP contribution < -0.4 is 10.6 Å². The minimum atomic E-state index is -1.00. The smallest absolute Gasteiger partial charge is 0.693 e. The van der Waals surface area contributed by atoms with Crippen molar-refractivity contribution >= 4 is 42.8 Å². The fourth-order valence-corrected chi connectivity index (χ4v) is 3.86. The van der Waals surface area contributed by atoms with Gasteiger partial charge in [0, 0.05) is 25.9 Å². The zero-order valence-corrected chi connectivity index (χ0v) is 30.2. The van der Waals surface area contributed by atoms with Crippen LogP contribution in [0.15, 0.2) is 0 Å². The van der Waals surface area contributed by atoms with Gasteiger partial charge in [-0.3, -0.25) is 14.4 Å². The third kappa shape index (κ3) is 57.2. The number of carbonyl (C=O) groups excluding carboxylic acids is 2. The van der Waals surface area contributed by atoms with Crippen LogP contribution >= 0.6 is 18.8 Å². The second-order valence-electron chi connectivity index (χ2n) is 9.73. The molecule has 14 heteroatoms. The van der Waals surface area contributed by atoms with E-state index in [1.807, 2.05) is 0 Å². The Kier molecular flexibility index (Phi) is 54.2. The zero-order chi connectivity index (χ0) is 31.4. The number of halogens is 2. The molecule has 2 amide bonds. The van der Waals surface area contributed by atoms with Gasteiger partial charge in [0.05, 0.1) is 13.0 Å². The van der Waals surface area contributed by atoms with Gasteiger partial charge in [-0.05, 0) is 26.2 Å². The molecule has 262 valence electrons. The molecule has 0 aromatic heterocycles. The standard InChI is InChI=1S/C20H39NO3.C9H17NO4.2ClH.2H2N.Pt/c1-2-3-4-5-6-7-8-9-10-11-12-13-14-15-18-21-19(22)16-17-20(23)24;1-2-14-8(11)6-4-3-5-7-10-9(12)13;;;;;/h2-18H2,1H3,(H,21,22)(H,23,24);10H,2-7H2,1H3,(H,12,13);2*1H;2*1H2;/q;;;;2*-1;+4/p-2. The molecule has 0 spiro atoms. The first-order valence-electron chi connectivity index (χ1n) is 15.2. The van der Waals surface area contributed by atoms with E-state index in [0.717, 1.165) is 32.1 Å². The second kappa shape index (κ2) is 45.3. The fraction of sp³-hybridized carbons (Fsp3) is 0.862. The van der Waals surface area contributed by atoms with Crippen LogP contribution in [0.3, 0.4) is 0 Å². The first-order chi connectivity index (χ1) is 19.7. The number of carboxylic acids is 1. The van der Waals surface area contributed by atoms with E-state index in [2.05, 4.69) is 17.6 Å². The molecular weight excluding hydrogens is 782 g/mol. The summed E-state index contributed by atoms with van der Waals surface area (Å²) < 4.78 is 4.74. The van der Waals surface area contributed by atoms with Crippen molar-refractivity contribution in [1.82, 2.24) is 10.6 Å². The van der Waals surface area contributed by atoms with Gasteiger partial charge in [-0.2, -0.15) is 0 Å². The molecule has 8 N–H and O–H groups in total. The number of hydrogen-bond acceptors (Lipinski definition) is 5. The van der Waals surface area contributed by atoms with Crippen LogP contribution in [-0.2, 0) is 35.6 Å². The molecule has 0 aliphatic rings. The normalized spacial score (nSPS) is 9.58. The predicted octanol–water partition coefficient (Wildman–Crippen LogP) is 9.64. The van der Waals surface area contributed by atoms with E-state index < -0.39 is 28.5 Å². The largest absolute Gasteiger partial charge is 0.693 e. The van der Waals surface area contributed by atoms with Gasteiger partial charge in [0.15, 0.2) is 0 Å². The van der Waals surface area contributed by atoms with Gasteiger partial charge in [0.25, 0.3) is 0 Å². The van der Waals surface area contributed by atoms with Crippen LogP contribution in [0.4, 0.5) is 4.79 Å². The van der Waals surface area contributed by atoms with E-state index in [4.69, 9.17) is 33.8 Å². The third-order valence-electron chi connectivity index (χ3n) is 6.06. The monoisotopic (exact) mass is 841 g/mol. The Labute approximate surface area is 277 Å². The average Bonchev–Trinajstić information content (AvgIpc) is 2.92. The number of carbonyl (C=O) groups is 4. The van der Waals surface area contributed by atoms with Gasteiger partial charge in [-0.15, -0.1) is 0 Å². The molecule has 0 fully saturated rings. The van der Waals surface area contributed by atoms with E-state index in [9.17, 15) is 19.2 Å². The Morgan fingerprint density at radius 3 is 1.40 bits per heavy atom. The van der Waals surface area contributed by atoms with Gasteiger partial charge in [0.1, 0.15) is 0 Å². The van der Waals surface area contributed by atoms with Crippen LogP contribution in [0.5, 0.6) is 0 Å². The minimum absolute atomic E-state index is 0. The van der Waals surface area contributed by atoms with Crippen LogP contribution in [0.2, 0.25) is 0 Å². The maximum absolute atomic E-state index is 11.3. The number of rotatable bonds is 25. The van der Waals surface area contributed by atoms with Crippen LogP contribution in [0.25, 0.3) is 12.3 Å². The molecule has 0 saturated carbocycles. The molecule has 0 aromatic carbocycles. The third-order valence-corrected chi connectivity index (χ3v) is 6.06. The summed E-state index contributed by atoms with van der Waals surface area (Å²) >= 11 is -0.472. The van der Waals surface area contributed by atoms with Gasteiger partial charge < -0.3 is 37.9 Å². The Balaban J connectivity index is -0.000000216. The molecule has 0 saturated heterocycles. The number of hydrogen-bond donors (Lipinski definition) is 4. The van der Waals surface area contributed by atoms with Gasteiger partial charge in [0.2, 0.25) is 5.91 Å². The maximum atomic E-state index is 11.3. The Bertz CT molecular complexity index is 625. The number of unbranched alkanes of at least 4 members (excludes halogenated alkanes) is 15. The van der Waals surface area contributed by atoms with Crippen molar-refractivity contribution in [3.8, 4) is 0 Å². The van der Waals surface area contributed by atoms with Crippen molar-refractivity contribution in [2.24, 2.45) is 0 Å². The maximum Gasteiger partial charge on any atom is -0.693 e. The van der Waals surface area contributed by atoms with Crippen molar-refractivity contribution in [2.45, 2.75) is 142 Å². The molecule has 43 heavy (non-hydrogen) atoms. The molecule has 0 atom stereocenters. The first-order valence-corrected chi connectivity index (χ1v) is 20.8. The fourth-order valence-electron chi connectivity index (χ4n) is 3.86. The van der Waals surface area contributed by atoms with Gasteiger partial charge in [-0.25, -0.2) is 4.79 Å². The molecule has 11 nitrogen and oxygen atoms in total. The summed E-state index contributed by atoms with van der Waals surface area (Å²) in [7, 11) is 9.75. The number of amides is 2. The summed E-state index contributed by atoms with van der Waals surface area (Å²) in [5.41, 5.74) is 0. The molecule has 0 bridgehead atoms. The van der Waals surface area contributed by atoms with Gasteiger partial charge >= 0.3 is 53.3 Å². The summed E-state index contributed by atoms with van der Waals surface area (Å²) in [6, 6.07) is 0. The summed E-state index contributed by atoms with van der Waals surface area (Å²) in [5.74, 6) is -1.24. The van der Waals surface area contributed by atoms with Crippen molar-refractivity contribution in [3.63, 3.8) is 0 Å². The van der Waals surface area contributed by atoms with Crippen molar-refractivity contribution in [1.29, 1.82) is 0 Å². The van der Waals surface area contributed by atoms with Crippen LogP contribution in [-0.4, -0.2) is 53.8 Å². The molecule has 0 radical (unpaired) electrons. The average molecular weight is 843 g/mol. The minimum Gasteiger partial charge on any atom is -0.693 e.